The molecule has 5 heteroatoms. The molecular weight excluding hydrogens is 282 g/mol. The van der Waals surface area contributed by atoms with Crippen molar-refractivity contribution in [1.82, 2.24) is 10.2 Å². The first-order valence-electron chi connectivity index (χ1n) is 7.17. The predicted octanol–water partition coefficient (Wildman–Crippen LogP) is 2.86. The van der Waals surface area contributed by atoms with Crippen LogP contribution in [0.5, 0.6) is 0 Å². The SMILES string of the molecule is Cc1cccc2c(N)c(C(=O)NCCN(C)C(C)C)sc12. The van der Waals surface area contributed by atoms with Gasteiger partial charge >= 0.3 is 0 Å². The van der Waals surface area contributed by atoms with E-state index in [1.807, 2.05) is 32.2 Å². The van der Waals surface area contributed by atoms with E-state index in [9.17, 15) is 4.79 Å². The maximum Gasteiger partial charge on any atom is 0.263 e. The van der Waals surface area contributed by atoms with Crippen LogP contribution in [0.15, 0.2) is 18.2 Å². The van der Waals surface area contributed by atoms with Gasteiger partial charge in [0, 0.05) is 29.2 Å². The minimum atomic E-state index is -0.0785. The van der Waals surface area contributed by atoms with Gasteiger partial charge in [-0.05, 0) is 33.4 Å². The molecule has 0 atom stereocenters. The fourth-order valence-electron chi connectivity index (χ4n) is 2.13. The van der Waals surface area contributed by atoms with Crippen LogP contribution in [0.25, 0.3) is 10.1 Å². The molecule has 0 bridgehead atoms. The average molecular weight is 305 g/mol. The summed E-state index contributed by atoms with van der Waals surface area (Å²) in [7, 11) is 2.05. The number of rotatable bonds is 5. The van der Waals surface area contributed by atoms with Crippen molar-refractivity contribution in [3.05, 3.63) is 28.6 Å². The Morgan fingerprint density at radius 1 is 1.43 bits per heavy atom. The lowest BCUT2D eigenvalue weighted by Crippen LogP contribution is -2.36. The lowest BCUT2D eigenvalue weighted by atomic mass is 10.1. The molecule has 1 aromatic heterocycles. The second-order valence-electron chi connectivity index (χ2n) is 5.63. The smallest absolute Gasteiger partial charge is 0.263 e. The van der Waals surface area contributed by atoms with E-state index in [0.29, 0.717) is 23.2 Å². The molecule has 1 amide bonds. The van der Waals surface area contributed by atoms with Crippen LogP contribution in [0.3, 0.4) is 0 Å². The number of amides is 1. The number of fused-ring (bicyclic) bond motifs is 1. The predicted molar refractivity (Wildman–Crippen MR) is 91.1 cm³/mol. The maximum atomic E-state index is 12.3. The molecule has 114 valence electrons. The van der Waals surface area contributed by atoms with Gasteiger partial charge < -0.3 is 16.0 Å². The van der Waals surface area contributed by atoms with Crippen molar-refractivity contribution in [3.8, 4) is 0 Å². The molecule has 0 radical (unpaired) electrons. The minimum absolute atomic E-state index is 0.0785. The third kappa shape index (κ3) is 3.36. The Balaban J connectivity index is 2.10. The number of aryl methyl sites for hydroxylation is 1. The number of hydrogen-bond acceptors (Lipinski definition) is 4. The first-order valence-corrected chi connectivity index (χ1v) is 7.99. The van der Waals surface area contributed by atoms with E-state index in [1.165, 1.54) is 11.3 Å². The first-order chi connectivity index (χ1) is 9.91. The zero-order valence-electron chi connectivity index (χ0n) is 13.1. The third-order valence-corrected chi connectivity index (χ3v) is 5.14. The summed E-state index contributed by atoms with van der Waals surface area (Å²) < 4.78 is 1.10. The monoisotopic (exact) mass is 305 g/mol. The standard InChI is InChI=1S/C16H23N3OS/c1-10(2)19(4)9-8-18-16(20)15-13(17)12-7-5-6-11(3)14(12)21-15/h5-7,10H,8-9,17H2,1-4H3,(H,18,20). The molecule has 0 spiro atoms. The van der Waals surface area contributed by atoms with Crippen molar-refractivity contribution in [2.45, 2.75) is 26.8 Å². The Kier molecular flexibility index (Phi) is 4.85. The van der Waals surface area contributed by atoms with Crippen LogP contribution in [-0.4, -0.2) is 37.0 Å². The number of benzene rings is 1. The second kappa shape index (κ2) is 6.45. The van der Waals surface area contributed by atoms with E-state index in [1.54, 1.807) is 0 Å². The van der Waals surface area contributed by atoms with Crippen molar-refractivity contribution in [2.75, 3.05) is 25.9 Å². The van der Waals surface area contributed by atoms with Gasteiger partial charge in [-0.25, -0.2) is 0 Å². The Morgan fingerprint density at radius 2 is 2.14 bits per heavy atom. The van der Waals surface area contributed by atoms with E-state index < -0.39 is 0 Å². The number of hydrogen-bond donors (Lipinski definition) is 2. The van der Waals surface area contributed by atoms with E-state index >= 15 is 0 Å². The number of nitrogens with one attached hydrogen (secondary N) is 1. The quantitative estimate of drug-likeness (QED) is 0.893. The van der Waals surface area contributed by atoms with Gasteiger partial charge in [-0.15, -0.1) is 11.3 Å². The number of anilines is 1. The molecule has 0 aliphatic rings. The van der Waals surface area contributed by atoms with Crippen LogP contribution in [0, 0.1) is 6.92 Å². The van der Waals surface area contributed by atoms with Crippen LogP contribution < -0.4 is 11.1 Å². The van der Waals surface area contributed by atoms with Crippen LogP contribution in [-0.2, 0) is 0 Å². The molecule has 1 heterocycles. The fraction of sp³-hybridized carbons (Fsp3) is 0.438. The van der Waals surface area contributed by atoms with Crippen LogP contribution in [0.2, 0.25) is 0 Å². The summed E-state index contributed by atoms with van der Waals surface area (Å²) in [6.07, 6.45) is 0. The van der Waals surface area contributed by atoms with Crippen molar-refractivity contribution in [3.63, 3.8) is 0 Å². The highest BCUT2D eigenvalue weighted by Gasteiger charge is 2.17. The van der Waals surface area contributed by atoms with Crippen molar-refractivity contribution in [1.29, 1.82) is 0 Å². The molecular formula is C16H23N3OS. The highest BCUT2D eigenvalue weighted by atomic mass is 32.1. The summed E-state index contributed by atoms with van der Waals surface area (Å²) in [5, 5.41) is 3.93. The molecule has 0 aliphatic heterocycles. The number of carbonyl (C=O) groups is 1. The number of nitrogens with zero attached hydrogens (tertiary/aromatic N) is 1. The van der Waals surface area contributed by atoms with Gasteiger partial charge in [-0.1, -0.05) is 18.2 Å². The molecule has 0 unspecified atom stereocenters. The zero-order chi connectivity index (χ0) is 15.6. The molecule has 0 saturated carbocycles. The lowest BCUT2D eigenvalue weighted by Gasteiger charge is -2.20. The van der Waals surface area contributed by atoms with Gasteiger partial charge in [0.05, 0.1) is 5.69 Å². The van der Waals surface area contributed by atoms with Gasteiger partial charge in [-0.3, -0.25) is 4.79 Å². The van der Waals surface area contributed by atoms with Crippen molar-refractivity contribution in [2.24, 2.45) is 0 Å². The molecule has 2 aromatic rings. The normalized spacial score (nSPS) is 11.5. The van der Waals surface area contributed by atoms with E-state index in [0.717, 1.165) is 22.2 Å². The van der Waals surface area contributed by atoms with E-state index in [-0.39, 0.29) is 5.91 Å². The van der Waals surface area contributed by atoms with E-state index in [4.69, 9.17) is 5.73 Å². The highest BCUT2D eigenvalue weighted by Crippen LogP contribution is 2.35. The minimum Gasteiger partial charge on any atom is -0.397 e. The maximum absolute atomic E-state index is 12.3. The summed E-state index contributed by atoms with van der Waals surface area (Å²) in [5.41, 5.74) is 7.87. The topological polar surface area (TPSA) is 58.4 Å². The molecule has 21 heavy (non-hydrogen) atoms. The van der Waals surface area contributed by atoms with Crippen molar-refractivity contribution >= 4 is 33.0 Å². The zero-order valence-corrected chi connectivity index (χ0v) is 13.9. The molecule has 2 rings (SSSR count). The Bertz CT molecular complexity index is 648. The Labute approximate surface area is 129 Å². The Morgan fingerprint density at radius 3 is 2.76 bits per heavy atom. The molecule has 1 aromatic carbocycles. The average Bonchev–Trinajstić information content (AvgIpc) is 2.77. The number of nitrogen functional groups attached to an aromatic ring is 1. The third-order valence-electron chi connectivity index (χ3n) is 3.79. The van der Waals surface area contributed by atoms with E-state index in [2.05, 4.69) is 24.1 Å². The number of likely N-dealkylation sites (N-methyl/N-ethyl adjacent to an activating group) is 1. The summed E-state index contributed by atoms with van der Waals surface area (Å²) in [6, 6.07) is 6.45. The number of nitrogens with two attached hydrogens (primary N) is 1. The fourth-order valence-corrected chi connectivity index (χ4v) is 3.24. The van der Waals surface area contributed by atoms with Gasteiger partial charge in [0.25, 0.3) is 5.91 Å². The highest BCUT2D eigenvalue weighted by molar-refractivity contribution is 7.21. The lowest BCUT2D eigenvalue weighted by molar-refractivity contribution is 0.0953. The van der Waals surface area contributed by atoms with Crippen LogP contribution in [0.1, 0.15) is 29.1 Å². The van der Waals surface area contributed by atoms with Crippen LogP contribution in [0.4, 0.5) is 5.69 Å². The molecule has 0 aliphatic carbocycles. The number of thiophene rings is 1. The molecule has 0 fully saturated rings. The van der Waals surface area contributed by atoms with Gasteiger partial charge in [-0.2, -0.15) is 0 Å². The van der Waals surface area contributed by atoms with Gasteiger partial charge in [0.15, 0.2) is 0 Å². The number of carbonyl (C=O) groups excluding carboxylic acids is 1. The summed E-state index contributed by atoms with van der Waals surface area (Å²) in [4.78, 5) is 15.1. The molecule has 3 N–H and O–H groups in total. The second-order valence-corrected chi connectivity index (χ2v) is 6.65. The first kappa shape index (κ1) is 15.8. The molecule has 4 nitrogen and oxygen atoms in total. The largest absolute Gasteiger partial charge is 0.397 e. The van der Waals surface area contributed by atoms with Gasteiger partial charge in [0.2, 0.25) is 0 Å². The Hall–Kier alpha value is -1.59. The molecule has 0 saturated heterocycles. The van der Waals surface area contributed by atoms with Crippen LogP contribution >= 0.6 is 11.3 Å². The van der Waals surface area contributed by atoms with Crippen molar-refractivity contribution < 1.29 is 4.79 Å². The summed E-state index contributed by atoms with van der Waals surface area (Å²) in [5.74, 6) is -0.0785. The summed E-state index contributed by atoms with van der Waals surface area (Å²) in [6.45, 7) is 7.76. The van der Waals surface area contributed by atoms with Gasteiger partial charge in [0.1, 0.15) is 4.88 Å². The summed E-state index contributed by atoms with van der Waals surface area (Å²) >= 11 is 1.47.